The van der Waals surface area contributed by atoms with Crippen LogP contribution >= 0.6 is 11.8 Å². The van der Waals surface area contributed by atoms with Gasteiger partial charge in [0.1, 0.15) is 0 Å². The molecule has 0 aromatic carbocycles. The summed E-state index contributed by atoms with van der Waals surface area (Å²) in [6.45, 7) is 4.59. The topological polar surface area (TPSA) is 12.0 Å². The molecule has 9 heavy (non-hydrogen) atoms. The summed E-state index contributed by atoms with van der Waals surface area (Å²) in [7, 11) is 2.06. The lowest BCUT2D eigenvalue weighted by atomic mass is 10.0. The van der Waals surface area contributed by atoms with Gasteiger partial charge in [-0.25, -0.2) is 0 Å². The predicted molar refractivity (Wildman–Crippen MR) is 43.9 cm³/mol. The summed E-state index contributed by atoms with van der Waals surface area (Å²) >= 11 is 2.08. The van der Waals surface area contributed by atoms with Crippen LogP contribution in [0.5, 0.6) is 0 Å². The van der Waals surface area contributed by atoms with Crippen molar-refractivity contribution in [2.45, 2.75) is 25.1 Å². The second kappa shape index (κ2) is 2.93. The number of rotatable bonds is 2. The van der Waals surface area contributed by atoms with Crippen LogP contribution in [-0.4, -0.2) is 24.1 Å². The third-order valence-corrected chi connectivity index (χ3v) is 3.70. The van der Waals surface area contributed by atoms with Crippen molar-refractivity contribution in [3.05, 3.63) is 0 Å². The van der Waals surface area contributed by atoms with E-state index in [4.69, 9.17) is 0 Å². The van der Waals surface area contributed by atoms with Crippen LogP contribution < -0.4 is 5.32 Å². The zero-order valence-electron chi connectivity index (χ0n) is 6.35. The van der Waals surface area contributed by atoms with Crippen LogP contribution in [0.15, 0.2) is 0 Å². The Labute approximate surface area is 61.6 Å². The molecule has 2 unspecified atom stereocenters. The van der Waals surface area contributed by atoms with Gasteiger partial charge in [0, 0.05) is 17.0 Å². The molecule has 1 aliphatic rings. The number of nitrogens with one attached hydrogen (secondary N) is 1. The molecule has 0 bridgehead atoms. The van der Waals surface area contributed by atoms with Crippen LogP contribution in [0, 0.1) is 5.92 Å². The van der Waals surface area contributed by atoms with Gasteiger partial charge in [0.05, 0.1) is 0 Å². The molecule has 1 nitrogen and oxygen atoms in total. The Bertz CT molecular complexity index is 90.9. The van der Waals surface area contributed by atoms with Crippen LogP contribution in [0.2, 0.25) is 0 Å². The molecule has 0 aromatic heterocycles. The zero-order chi connectivity index (χ0) is 6.85. The van der Waals surface area contributed by atoms with E-state index in [1.807, 2.05) is 0 Å². The Morgan fingerprint density at radius 2 is 2.22 bits per heavy atom. The molecule has 0 saturated carbocycles. The highest BCUT2D eigenvalue weighted by molar-refractivity contribution is 8.01. The van der Waals surface area contributed by atoms with E-state index in [0.717, 1.165) is 17.2 Å². The van der Waals surface area contributed by atoms with Gasteiger partial charge in [0.25, 0.3) is 0 Å². The van der Waals surface area contributed by atoms with Gasteiger partial charge in [-0.05, 0) is 13.0 Å². The summed E-state index contributed by atoms with van der Waals surface area (Å²) in [5.74, 6) is 2.14. The van der Waals surface area contributed by atoms with Crippen molar-refractivity contribution in [1.29, 1.82) is 0 Å². The monoisotopic (exact) mass is 145 g/mol. The van der Waals surface area contributed by atoms with Crippen molar-refractivity contribution in [2.75, 3.05) is 12.8 Å². The van der Waals surface area contributed by atoms with Gasteiger partial charge < -0.3 is 5.32 Å². The zero-order valence-corrected chi connectivity index (χ0v) is 7.16. The molecule has 54 valence electrons. The van der Waals surface area contributed by atoms with Crippen LogP contribution in [-0.2, 0) is 0 Å². The molecule has 0 radical (unpaired) electrons. The molecule has 0 aliphatic carbocycles. The molecule has 1 fully saturated rings. The Kier molecular flexibility index (Phi) is 2.42. The molecule has 1 heterocycles. The van der Waals surface area contributed by atoms with E-state index in [9.17, 15) is 0 Å². The number of hydrogen-bond acceptors (Lipinski definition) is 2. The summed E-state index contributed by atoms with van der Waals surface area (Å²) < 4.78 is 0. The maximum atomic E-state index is 3.31. The smallest absolute Gasteiger partial charge is 0.0276 e. The largest absolute Gasteiger partial charge is 0.315 e. The van der Waals surface area contributed by atoms with E-state index in [-0.39, 0.29) is 0 Å². The Morgan fingerprint density at radius 1 is 1.56 bits per heavy atom. The van der Waals surface area contributed by atoms with Crippen molar-refractivity contribution in [3.8, 4) is 0 Å². The van der Waals surface area contributed by atoms with Crippen molar-refractivity contribution in [3.63, 3.8) is 0 Å². The lowest BCUT2D eigenvalue weighted by Gasteiger charge is -2.38. The first-order valence-corrected chi connectivity index (χ1v) is 4.59. The second-order valence-electron chi connectivity index (χ2n) is 2.94. The Morgan fingerprint density at radius 3 is 2.33 bits per heavy atom. The summed E-state index contributed by atoms with van der Waals surface area (Å²) in [4.78, 5) is 0. The van der Waals surface area contributed by atoms with Gasteiger partial charge >= 0.3 is 0 Å². The highest BCUT2D eigenvalue weighted by atomic mass is 32.2. The van der Waals surface area contributed by atoms with E-state index >= 15 is 0 Å². The van der Waals surface area contributed by atoms with Gasteiger partial charge in [-0.2, -0.15) is 11.8 Å². The standard InChI is InChI=1S/C7H15NS/c1-5(2)7-6(8-3)4-9-7/h5-8H,4H2,1-3H3. The molecule has 2 atom stereocenters. The highest BCUT2D eigenvalue weighted by Gasteiger charge is 2.32. The van der Waals surface area contributed by atoms with E-state index in [1.54, 1.807) is 0 Å². The second-order valence-corrected chi connectivity index (χ2v) is 4.15. The average Bonchev–Trinajstić information content (AvgIpc) is 1.61. The van der Waals surface area contributed by atoms with E-state index in [2.05, 4.69) is 38.0 Å². The number of thioether (sulfide) groups is 1. The minimum Gasteiger partial charge on any atom is -0.315 e. The minimum atomic E-state index is 0.787. The molecular weight excluding hydrogens is 130 g/mol. The third-order valence-electron chi connectivity index (χ3n) is 1.89. The van der Waals surface area contributed by atoms with Gasteiger partial charge in [0.2, 0.25) is 0 Å². The van der Waals surface area contributed by atoms with Gasteiger partial charge in [-0.3, -0.25) is 0 Å². The molecule has 1 rings (SSSR count). The van der Waals surface area contributed by atoms with Crippen molar-refractivity contribution in [1.82, 2.24) is 5.32 Å². The van der Waals surface area contributed by atoms with Crippen LogP contribution in [0.1, 0.15) is 13.8 Å². The van der Waals surface area contributed by atoms with Crippen molar-refractivity contribution >= 4 is 11.8 Å². The summed E-state index contributed by atoms with van der Waals surface area (Å²) in [5.41, 5.74) is 0. The summed E-state index contributed by atoms with van der Waals surface area (Å²) in [6.07, 6.45) is 0. The number of hydrogen-bond donors (Lipinski definition) is 1. The fraction of sp³-hybridized carbons (Fsp3) is 1.00. The van der Waals surface area contributed by atoms with Crippen LogP contribution in [0.25, 0.3) is 0 Å². The first-order chi connectivity index (χ1) is 4.25. The van der Waals surface area contributed by atoms with Crippen LogP contribution in [0.4, 0.5) is 0 Å². The molecule has 1 aliphatic heterocycles. The fourth-order valence-electron chi connectivity index (χ4n) is 1.21. The fourth-order valence-corrected chi connectivity index (χ4v) is 2.50. The lowest BCUT2D eigenvalue weighted by Crippen LogP contribution is -2.48. The SMILES string of the molecule is CNC1CSC1C(C)C. The molecule has 1 N–H and O–H groups in total. The third kappa shape index (κ3) is 1.41. The average molecular weight is 145 g/mol. The molecule has 0 spiro atoms. The van der Waals surface area contributed by atoms with E-state index in [0.29, 0.717) is 0 Å². The van der Waals surface area contributed by atoms with Gasteiger partial charge in [-0.15, -0.1) is 0 Å². The molecule has 1 saturated heterocycles. The molecule has 2 heteroatoms. The predicted octanol–water partition coefficient (Wildman–Crippen LogP) is 1.35. The first kappa shape index (κ1) is 7.42. The maximum absolute atomic E-state index is 3.31. The normalized spacial score (nSPS) is 34.7. The summed E-state index contributed by atoms with van der Waals surface area (Å²) in [6, 6.07) is 0.787. The van der Waals surface area contributed by atoms with E-state index < -0.39 is 0 Å². The van der Waals surface area contributed by atoms with E-state index in [1.165, 1.54) is 5.75 Å². The highest BCUT2D eigenvalue weighted by Crippen LogP contribution is 2.33. The maximum Gasteiger partial charge on any atom is 0.0276 e. The Balaban J connectivity index is 2.27. The molecule has 0 amide bonds. The molecular formula is C7H15NS. The van der Waals surface area contributed by atoms with Crippen LogP contribution in [0.3, 0.4) is 0 Å². The Hall–Kier alpha value is 0.310. The quantitative estimate of drug-likeness (QED) is 0.629. The molecule has 0 aromatic rings. The first-order valence-electron chi connectivity index (χ1n) is 3.54. The van der Waals surface area contributed by atoms with Crippen molar-refractivity contribution < 1.29 is 0 Å². The van der Waals surface area contributed by atoms with Gasteiger partial charge in [-0.1, -0.05) is 13.8 Å². The van der Waals surface area contributed by atoms with Gasteiger partial charge in [0.15, 0.2) is 0 Å². The lowest BCUT2D eigenvalue weighted by molar-refractivity contribution is 0.463. The van der Waals surface area contributed by atoms with Crippen molar-refractivity contribution in [2.24, 2.45) is 5.92 Å². The summed E-state index contributed by atoms with van der Waals surface area (Å²) in [5, 5.41) is 4.18. The minimum absolute atomic E-state index is 0.787.